The number of nitrogens with two attached hydrogens (primary N) is 1. The number of benzene rings is 1. The van der Waals surface area contributed by atoms with Crippen molar-refractivity contribution in [3.05, 3.63) is 35.4 Å². The van der Waals surface area contributed by atoms with Crippen molar-refractivity contribution in [2.45, 2.75) is 25.3 Å². The Morgan fingerprint density at radius 1 is 1.29 bits per heavy atom. The highest BCUT2D eigenvalue weighted by molar-refractivity contribution is 5.23. The van der Waals surface area contributed by atoms with Crippen molar-refractivity contribution < 1.29 is 8.78 Å². The molecule has 1 fully saturated rings. The second-order valence-corrected chi connectivity index (χ2v) is 3.86. The lowest BCUT2D eigenvalue weighted by molar-refractivity contribution is 0.259. The maximum absolute atomic E-state index is 13.3. The summed E-state index contributed by atoms with van der Waals surface area (Å²) >= 11 is 0. The minimum atomic E-state index is -0.808. The molecule has 1 aromatic rings. The molecule has 0 radical (unpaired) electrons. The van der Waals surface area contributed by atoms with Gasteiger partial charge in [-0.1, -0.05) is 18.6 Å². The van der Waals surface area contributed by atoms with Gasteiger partial charge in [-0.25, -0.2) is 8.78 Å². The zero-order valence-electron chi connectivity index (χ0n) is 7.84. The Morgan fingerprint density at radius 2 is 2.00 bits per heavy atom. The van der Waals surface area contributed by atoms with E-state index in [-0.39, 0.29) is 6.04 Å². The Kier molecular flexibility index (Phi) is 2.50. The largest absolute Gasteiger partial charge is 0.324 e. The van der Waals surface area contributed by atoms with E-state index in [4.69, 9.17) is 5.73 Å². The molecule has 1 saturated carbocycles. The molecule has 1 nitrogen and oxygen atoms in total. The molecule has 0 unspecified atom stereocenters. The molecular formula is C11H13F2N. The zero-order valence-corrected chi connectivity index (χ0v) is 7.84. The summed E-state index contributed by atoms with van der Waals surface area (Å²) in [6.07, 6.45) is 3.20. The van der Waals surface area contributed by atoms with Gasteiger partial charge in [-0.3, -0.25) is 0 Å². The van der Waals surface area contributed by atoms with E-state index in [1.54, 1.807) is 6.07 Å². The number of rotatable bonds is 2. The summed E-state index contributed by atoms with van der Waals surface area (Å²) in [5.74, 6) is -1.27. The van der Waals surface area contributed by atoms with Crippen LogP contribution in [0.15, 0.2) is 18.2 Å². The molecule has 0 aliphatic heterocycles. The number of halogens is 2. The highest BCUT2D eigenvalue weighted by Gasteiger charge is 2.27. The van der Waals surface area contributed by atoms with Crippen LogP contribution < -0.4 is 5.73 Å². The molecule has 0 aromatic heterocycles. The molecule has 3 heteroatoms. The highest BCUT2D eigenvalue weighted by atomic mass is 19.2. The smallest absolute Gasteiger partial charge is 0.163 e. The van der Waals surface area contributed by atoms with E-state index in [1.165, 1.54) is 6.07 Å². The van der Waals surface area contributed by atoms with E-state index in [1.807, 2.05) is 0 Å². The molecule has 0 heterocycles. The second-order valence-electron chi connectivity index (χ2n) is 3.86. The fraction of sp³-hybridized carbons (Fsp3) is 0.455. The van der Waals surface area contributed by atoms with Gasteiger partial charge in [-0.15, -0.1) is 0 Å². The molecule has 76 valence electrons. The summed E-state index contributed by atoms with van der Waals surface area (Å²) in [5, 5.41) is 0. The Hall–Kier alpha value is -0.960. The van der Waals surface area contributed by atoms with Crippen molar-refractivity contribution in [1.29, 1.82) is 0 Å². The monoisotopic (exact) mass is 197 g/mol. The first-order valence-corrected chi connectivity index (χ1v) is 4.89. The molecule has 0 saturated heterocycles. The van der Waals surface area contributed by atoms with Gasteiger partial charge in [-0.05, 0) is 24.8 Å². The zero-order chi connectivity index (χ0) is 10.1. The summed E-state index contributed by atoms with van der Waals surface area (Å²) in [6.45, 7) is 0. The Morgan fingerprint density at radius 3 is 2.57 bits per heavy atom. The lowest BCUT2D eigenvalue weighted by Gasteiger charge is -2.31. The molecule has 0 bridgehead atoms. The van der Waals surface area contributed by atoms with Crippen LogP contribution in [-0.2, 0) is 0 Å². The van der Waals surface area contributed by atoms with Gasteiger partial charge in [0.2, 0.25) is 0 Å². The topological polar surface area (TPSA) is 26.0 Å². The van der Waals surface area contributed by atoms with Crippen LogP contribution in [0.3, 0.4) is 0 Å². The van der Waals surface area contributed by atoms with Crippen LogP contribution in [-0.4, -0.2) is 0 Å². The van der Waals surface area contributed by atoms with Crippen LogP contribution in [0.25, 0.3) is 0 Å². The van der Waals surface area contributed by atoms with Gasteiger partial charge >= 0.3 is 0 Å². The van der Waals surface area contributed by atoms with Crippen molar-refractivity contribution in [3.63, 3.8) is 0 Å². The molecule has 1 aliphatic rings. The molecule has 0 spiro atoms. The van der Waals surface area contributed by atoms with E-state index in [9.17, 15) is 8.78 Å². The molecule has 2 N–H and O–H groups in total. The number of hydrogen-bond donors (Lipinski definition) is 1. The van der Waals surface area contributed by atoms with E-state index >= 15 is 0 Å². The van der Waals surface area contributed by atoms with Crippen LogP contribution >= 0.6 is 0 Å². The minimum absolute atomic E-state index is 0.315. The summed E-state index contributed by atoms with van der Waals surface area (Å²) in [4.78, 5) is 0. The first-order chi connectivity index (χ1) is 6.70. The molecular weight excluding hydrogens is 184 g/mol. The van der Waals surface area contributed by atoms with E-state index in [2.05, 4.69) is 0 Å². The molecule has 14 heavy (non-hydrogen) atoms. The predicted molar refractivity (Wildman–Crippen MR) is 50.6 cm³/mol. The Balaban J connectivity index is 2.26. The van der Waals surface area contributed by atoms with Gasteiger partial charge in [0.25, 0.3) is 0 Å². The van der Waals surface area contributed by atoms with Crippen molar-refractivity contribution >= 4 is 0 Å². The number of hydrogen-bond acceptors (Lipinski definition) is 1. The van der Waals surface area contributed by atoms with Crippen LogP contribution in [0.4, 0.5) is 8.78 Å². The summed E-state index contributed by atoms with van der Waals surface area (Å²) in [7, 11) is 0. The minimum Gasteiger partial charge on any atom is -0.324 e. The Labute approximate surface area is 81.9 Å². The van der Waals surface area contributed by atoms with Gasteiger partial charge < -0.3 is 5.73 Å². The third kappa shape index (κ3) is 1.52. The molecule has 1 aliphatic carbocycles. The third-order valence-corrected chi connectivity index (χ3v) is 3.00. The molecule has 2 rings (SSSR count). The summed E-state index contributed by atoms with van der Waals surface area (Å²) in [5.41, 5.74) is 6.18. The fourth-order valence-electron chi connectivity index (χ4n) is 1.83. The van der Waals surface area contributed by atoms with Crippen molar-refractivity contribution in [2.24, 2.45) is 11.7 Å². The van der Waals surface area contributed by atoms with E-state index in [0.29, 0.717) is 11.5 Å². The molecule has 0 amide bonds. The average molecular weight is 197 g/mol. The van der Waals surface area contributed by atoms with Crippen LogP contribution in [0, 0.1) is 17.6 Å². The SMILES string of the molecule is N[C@H](c1cccc(F)c1F)C1CCC1. The van der Waals surface area contributed by atoms with E-state index in [0.717, 1.165) is 25.3 Å². The maximum Gasteiger partial charge on any atom is 0.163 e. The van der Waals surface area contributed by atoms with Gasteiger partial charge in [0, 0.05) is 11.6 Å². The van der Waals surface area contributed by atoms with Crippen LogP contribution in [0.5, 0.6) is 0 Å². The lowest BCUT2D eigenvalue weighted by Crippen LogP contribution is -2.27. The van der Waals surface area contributed by atoms with Gasteiger partial charge in [0.1, 0.15) is 0 Å². The summed E-state index contributed by atoms with van der Waals surface area (Å²) in [6, 6.07) is 3.85. The highest BCUT2D eigenvalue weighted by Crippen LogP contribution is 2.37. The average Bonchev–Trinajstić information content (AvgIpc) is 2.06. The van der Waals surface area contributed by atoms with E-state index < -0.39 is 11.6 Å². The standard InChI is InChI=1S/C11H13F2N/c12-9-6-2-5-8(10(9)13)11(14)7-3-1-4-7/h2,5-7,11H,1,3-4,14H2/t11-/m0/s1. The van der Waals surface area contributed by atoms with Gasteiger partial charge in [0.15, 0.2) is 11.6 Å². The third-order valence-electron chi connectivity index (χ3n) is 3.00. The summed E-state index contributed by atoms with van der Waals surface area (Å²) < 4.78 is 26.2. The van der Waals surface area contributed by atoms with Crippen molar-refractivity contribution in [1.82, 2.24) is 0 Å². The normalized spacial score (nSPS) is 19.1. The molecule has 1 atom stereocenters. The quantitative estimate of drug-likeness (QED) is 0.775. The van der Waals surface area contributed by atoms with Crippen molar-refractivity contribution in [2.75, 3.05) is 0 Å². The van der Waals surface area contributed by atoms with Crippen LogP contribution in [0.2, 0.25) is 0 Å². The first-order valence-electron chi connectivity index (χ1n) is 4.89. The van der Waals surface area contributed by atoms with Gasteiger partial charge in [0.05, 0.1) is 0 Å². The van der Waals surface area contributed by atoms with Crippen molar-refractivity contribution in [3.8, 4) is 0 Å². The molecule has 1 aromatic carbocycles. The fourth-order valence-corrected chi connectivity index (χ4v) is 1.83. The Bertz CT molecular complexity index is 334. The van der Waals surface area contributed by atoms with Crippen LogP contribution in [0.1, 0.15) is 30.9 Å². The van der Waals surface area contributed by atoms with Gasteiger partial charge in [-0.2, -0.15) is 0 Å². The second kappa shape index (κ2) is 3.65. The maximum atomic E-state index is 13.3. The predicted octanol–water partition coefficient (Wildman–Crippen LogP) is 2.76. The lowest BCUT2D eigenvalue weighted by atomic mass is 9.77. The first kappa shape index (κ1) is 9.59.